The van der Waals surface area contributed by atoms with Crippen LogP contribution in [-0.4, -0.2) is 35.9 Å². The normalized spacial score (nSPS) is 15.1. The summed E-state index contributed by atoms with van der Waals surface area (Å²) in [5.41, 5.74) is 3.32. The Morgan fingerprint density at radius 1 is 0.943 bits per heavy atom. The molecule has 9 nitrogen and oxygen atoms in total. The van der Waals surface area contributed by atoms with Crippen LogP contribution in [0.4, 0.5) is 10.5 Å². The van der Waals surface area contributed by atoms with Crippen molar-refractivity contribution in [3.63, 3.8) is 0 Å². The molecule has 3 N–H and O–H groups in total. The fourth-order valence-corrected chi connectivity index (χ4v) is 4.35. The maximum absolute atomic E-state index is 13.1. The second-order valence-corrected chi connectivity index (χ2v) is 9.31. The van der Waals surface area contributed by atoms with Crippen molar-refractivity contribution in [2.24, 2.45) is 0 Å². The highest BCUT2D eigenvalue weighted by Gasteiger charge is 2.35. The van der Waals surface area contributed by atoms with E-state index in [1.807, 2.05) is 65.4 Å². The van der Waals surface area contributed by atoms with Crippen LogP contribution < -0.4 is 10.0 Å². The number of hydrogen-bond donors (Lipinski definition) is 3. The highest BCUT2D eigenvalue weighted by Crippen LogP contribution is 2.27. The highest BCUT2D eigenvalue weighted by molar-refractivity contribution is 7.87. The van der Waals surface area contributed by atoms with E-state index in [0.29, 0.717) is 12.1 Å². The number of fused-ring (bicyclic) bond motifs is 1. The van der Waals surface area contributed by atoms with Gasteiger partial charge in [-0.15, -0.1) is 0 Å². The van der Waals surface area contributed by atoms with E-state index in [2.05, 4.69) is 5.32 Å². The second-order valence-electron chi connectivity index (χ2n) is 8.15. The largest absolute Gasteiger partial charge is 0.445 e. The van der Waals surface area contributed by atoms with E-state index in [1.165, 1.54) is 17.0 Å². The smallest absolute Gasteiger partial charge is 0.411 e. The standard InChI is InChI=1S/C25H25N3O6S/c29-24(26-15-18-7-3-1-4-8-18)23-14-20-11-12-22(27-35(31,32)33)13-21(20)16-28(23)25(30)34-17-19-9-5-2-6-10-19/h1-13,23,27H,14-17H2,(H,26,29)(H,31,32,33). The Balaban J connectivity index is 1.54. The number of nitrogens with zero attached hydrogens (tertiary/aromatic N) is 1. The first-order valence-electron chi connectivity index (χ1n) is 10.9. The van der Waals surface area contributed by atoms with Crippen molar-refractivity contribution in [3.05, 3.63) is 101 Å². The average molecular weight is 496 g/mol. The van der Waals surface area contributed by atoms with Gasteiger partial charge in [0.1, 0.15) is 12.6 Å². The first-order chi connectivity index (χ1) is 16.8. The molecule has 0 aromatic heterocycles. The molecule has 0 saturated carbocycles. The number of carbonyl (C=O) groups is 2. The van der Waals surface area contributed by atoms with Gasteiger partial charge in [0.15, 0.2) is 0 Å². The lowest BCUT2D eigenvalue weighted by molar-refractivity contribution is -0.126. The Labute approximate surface area is 203 Å². The van der Waals surface area contributed by atoms with Gasteiger partial charge in [0.2, 0.25) is 5.91 Å². The number of amides is 2. The van der Waals surface area contributed by atoms with Crippen molar-refractivity contribution in [3.8, 4) is 0 Å². The maximum atomic E-state index is 13.1. The van der Waals surface area contributed by atoms with Crippen LogP contribution in [0.15, 0.2) is 78.9 Å². The maximum Gasteiger partial charge on any atom is 0.411 e. The predicted molar refractivity (Wildman–Crippen MR) is 130 cm³/mol. The van der Waals surface area contributed by atoms with Crippen molar-refractivity contribution in [2.45, 2.75) is 32.2 Å². The summed E-state index contributed by atoms with van der Waals surface area (Å²) in [6.07, 6.45) is -0.435. The van der Waals surface area contributed by atoms with Crippen LogP contribution in [0, 0.1) is 0 Å². The first-order valence-corrected chi connectivity index (χ1v) is 12.4. The quantitative estimate of drug-likeness (QED) is 0.432. The molecular weight excluding hydrogens is 470 g/mol. The van der Waals surface area contributed by atoms with E-state index in [0.717, 1.165) is 16.7 Å². The van der Waals surface area contributed by atoms with Gasteiger partial charge in [-0.05, 0) is 34.4 Å². The number of benzene rings is 3. The number of carbonyl (C=O) groups excluding carboxylic acids is 2. The topological polar surface area (TPSA) is 125 Å². The van der Waals surface area contributed by atoms with Gasteiger partial charge >= 0.3 is 16.4 Å². The van der Waals surface area contributed by atoms with Crippen LogP contribution in [0.1, 0.15) is 22.3 Å². The Bertz CT molecular complexity index is 1300. The number of nitrogens with one attached hydrogen (secondary N) is 2. The minimum absolute atomic E-state index is 0.0351. The average Bonchev–Trinajstić information content (AvgIpc) is 2.85. The molecule has 0 spiro atoms. The van der Waals surface area contributed by atoms with E-state index in [-0.39, 0.29) is 31.2 Å². The Morgan fingerprint density at radius 2 is 1.60 bits per heavy atom. The minimum Gasteiger partial charge on any atom is -0.445 e. The molecule has 35 heavy (non-hydrogen) atoms. The molecule has 1 unspecified atom stereocenters. The Kier molecular flexibility index (Phi) is 7.33. The lowest BCUT2D eigenvalue weighted by atomic mass is 9.93. The molecule has 1 aliphatic rings. The molecule has 3 aromatic carbocycles. The number of rotatable bonds is 7. The third kappa shape index (κ3) is 6.58. The van der Waals surface area contributed by atoms with Gasteiger partial charge in [-0.25, -0.2) is 4.79 Å². The predicted octanol–water partition coefficient (Wildman–Crippen LogP) is 3.28. The van der Waals surface area contributed by atoms with Crippen LogP contribution in [0.5, 0.6) is 0 Å². The second kappa shape index (κ2) is 10.6. The van der Waals surface area contributed by atoms with Crippen LogP contribution in [0.25, 0.3) is 0 Å². The molecule has 1 atom stereocenters. The Hall–Kier alpha value is -3.89. The van der Waals surface area contributed by atoms with Gasteiger partial charge in [0.25, 0.3) is 0 Å². The zero-order valence-corrected chi connectivity index (χ0v) is 19.6. The molecule has 3 aromatic rings. The summed E-state index contributed by atoms with van der Waals surface area (Å²) in [4.78, 5) is 27.5. The van der Waals surface area contributed by atoms with Crippen molar-refractivity contribution in [2.75, 3.05) is 4.72 Å². The summed E-state index contributed by atoms with van der Waals surface area (Å²) < 4.78 is 39.0. The molecule has 1 aliphatic heterocycles. The zero-order chi connectivity index (χ0) is 24.8. The summed E-state index contributed by atoms with van der Waals surface area (Å²) in [5, 5.41) is 2.89. The van der Waals surface area contributed by atoms with Crippen LogP contribution in [0.2, 0.25) is 0 Å². The zero-order valence-electron chi connectivity index (χ0n) is 18.8. The SMILES string of the molecule is O=C(NCc1ccccc1)C1Cc2ccc(NS(=O)(=O)O)cc2CN1C(=O)OCc1ccccc1. The van der Waals surface area contributed by atoms with Crippen molar-refractivity contribution in [1.29, 1.82) is 0 Å². The molecule has 182 valence electrons. The molecule has 10 heteroatoms. The van der Waals surface area contributed by atoms with E-state index < -0.39 is 22.4 Å². The third-order valence-electron chi connectivity index (χ3n) is 5.64. The molecule has 0 bridgehead atoms. The lowest BCUT2D eigenvalue weighted by Crippen LogP contribution is -2.52. The van der Waals surface area contributed by atoms with Gasteiger partial charge < -0.3 is 10.1 Å². The fourth-order valence-electron chi connectivity index (χ4n) is 3.93. The molecule has 2 amide bonds. The molecular formula is C25H25N3O6S. The molecule has 4 rings (SSSR count). The van der Waals surface area contributed by atoms with Crippen LogP contribution in [-0.2, 0) is 46.0 Å². The van der Waals surface area contributed by atoms with Gasteiger partial charge in [-0.2, -0.15) is 8.42 Å². The Morgan fingerprint density at radius 3 is 2.26 bits per heavy atom. The summed E-state index contributed by atoms with van der Waals surface area (Å²) >= 11 is 0. The van der Waals surface area contributed by atoms with Gasteiger partial charge in [-0.1, -0.05) is 66.7 Å². The molecule has 0 aliphatic carbocycles. The molecule has 0 saturated heterocycles. The number of ether oxygens (including phenoxy) is 1. The van der Waals surface area contributed by atoms with Crippen molar-refractivity contribution >= 4 is 28.0 Å². The van der Waals surface area contributed by atoms with E-state index in [4.69, 9.17) is 9.29 Å². The van der Waals surface area contributed by atoms with Crippen LogP contribution >= 0.6 is 0 Å². The fraction of sp³-hybridized carbons (Fsp3) is 0.200. The molecule has 0 radical (unpaired) electrons. The summed E-state index contributed by atoms with van der Waals surface area (Å²) in [6, 6.07) is 22.5. The van der Waals surface area contributed by atoms with E-state index in [9.17, 15) is 18.0 Å². The van der Waals surface area contributed by atoms with Gasteiger partial charge in [-0.3, -0.25) is 19.0 Å². The lowest BCUT2D eigenvalue weighted by Gasteiger charge is -2.35. The molecule has 1 heterocycles. The third-order valence-corrected chi connectivity index (χ3v) is 6.13. The van der Waals surface area contributed by atoms with Crippen molar-refractivity contribution < 1.29 is 27.3 Å². The highest BCUT2D eigenvalue weighted by atomic mass is 32.2. The summed E-state index contributed by atoms with van der Waals surface area (Å²) in [6.45, 7) is 0.395. The summed E-state index contributed by atoms with van der Waals surface area (Å²) in [5.74, 6) is -0.323. The molecule has 0 fully saturated rings. The number of anilines is 1. The van der Waals surface area contributed by atoms with E-state index >= 15 is 0 Å². The summed E-state index contributed by atoms with van der Waals surface area (Å²) in [7, 11) is -4.45. The van der Waals surface area contributed by atoms with Gasteiger partial charge in [0, 0.05) is 13.0 Å². The van der Waals surface area contributed by atoms with Crippen molar-refractivity contribution in [1.82, 2.24) is 10.2 Å². The monoisotopic (exact) mass is 495 g/mol. The van der Waals surface area contributed by atoms with Gasteiger partial charge in [0.05, 0.1) is 12.2 Å². The number of hydrogen-bond acceptors (Lipinski definition) is 5. The first kappa shape index (κ1) is 24.2. The van der Waals surface area contributed by atoms with E-state index in [1.54, 1.807) is 6.07 Å². The van der Waals surface area contributed by atoms with Crippen LogP contribution in [0.3, 0.4) is 0 Å². The minimum atomic E-state index is -4.45.